The number of likely N-dealkylation sites (tertiary alicyclic amines) is 1. The van der Waals surface area contributed by atoms with Crippen LogP contribution in [0.1, 0.15) is 77.2 Å². The van der Waals surface area contributed by atoms with Crippen molar-refractivity contribution in [3.05, 3.63) is 60.3 Å². The van der Waals surface area contributed by atoms with Gasteiger partial charge in [0.05, 0.1) is 12.1 Å². The number of hydrogen-bond acceptors (Lipinski definition) is 4. The fourth-order valence-corrected chi connectivity index (χ4v) is 5.75. The molecule has 0 aliphatic carbocycles. The van der Waals surface area contributed by atoms with E-state index in [0.717, 1.165) is 59.2 Å². The molecule has 3 rings (SSSR count). The summed E-state index contributed by atoms with van der Waals surface area (Å²) in [6.45, 7) is 9.07. The van der Waals surface area contributed by atoms with E-state index >= 15 is 0 Å². The Morgan fingerprint density at radius 1 is 1.27 bits per heavy atom. The number of aryl methyl sites for hydroxylation is 2. The number of carbonyl (C=O) groups excluding carboxylic acids is 1. The molecule has 1 aliphatic heterocycles. The van der Waals surface area contributed by atoms with Crippen LogP contribution in [0.2, 0.25) is 0 Å². The molecule has 8 heteroatoms. The molecule has 2 aromatic heterocycles. The molecular formula is C25H33F2N3O2S. The molecule has 0 radical (unpaired) electrons. The number of rotatable bonds is 7. The Labute approximate surface area is 197 Å². The molecule has 0 atom stereocenters. The summed E-state index contributed by atoms with van der Waals surface area (Å²) in [5, 5.41) is 4.69. The summed E-state index contributed by atoms with van der Waals surface area (Å²) >= 11 is 1.48. The highest BCUT2D eigenvalue weighted by Crippen LogP contribution is 2.37. The zero-order valence-electron chi connectivity index (χ0n) is 20.0. The number of nitrogens with one attached hydrogen (secondary N) is 2. The minimum Gasteiger partial charge on any atom is -0.369 e. The molecule has 5 nitrogen and oxygen atoms in total. The number of aromatic nitrogens is 1. The van der Waals surface area contributed by atoms with Crippen LogP contribution in [-0.4, -0.2) is 34.8 Å². The van der Waals surface area contributed by atoms with Crippen molar-refractivity contribution >= 4 is 22.8 Å². The third kappa shape index (κ3) is 5.91. The first-order valence-corrected chi connectivity index (χ1v) is 12.3. The maximum absolute atomic E-state index is 13.8. The highest BCUT2D eigenvalue weighted by atomic mass is 32.1. The van der Waals surface area contributed by atoms with Crippen molar-refractivity contribution in [1.29, 1.82) is 0 Å². The Morgan fingerprint density at radius 3 is 2.64 bits per heavy atom. The molecule has 0 bridgehead atoms. The minimum absolute atomic E-state index is 0.145. The van der Waals surface area contributed by atoms with Crippen molar-refractivity contribution in [2.45, 2.75) is 72.8 Å². The highest BCUT2D eigenvalue weighted by Gasteiger charge is 2.30. The van der Waals surface area contributed by atoms with Gasteiger partial charge in [-0.2, -0.15) is 0 Å². The Kier molecular flexibility index (Phi) is 7.77. The number of halogens is 2. The van der Waals surface area contributed by atoms with Crippen molar-refractivity contribution in [2.24, 2.45) is 0 Å². The Bertz CT molecular complexity index is 1110. The molecule has 1 amide bonds. The molecule has 1 saturated heterocycles. The van der Waals surface area contributed by atoms with Crippen molar-refractivity contribution in [2.75, 3.05) is 13.1 Å². The Hall–Kier alpha value is -2.48. The first-order chi connectivity index (χ1) is 15.5. The molecule has 33 heavy (non-hydrogen) atoms. The van der Waals surface area contributed by atoms with Crippen molar-refractivity contribution in [3.8, 4) is 0 Å². The first kappa shape index (κ1) is 25.1. The number of aromatic amines is 1. The second-order valence-corrected chi connectivity index (χ2v) is 9.84. The fourth-order valence-electron chi connectivity index (χ4n) is 4.54. The van der Waals surface area contributed by atoms with Gasteiger partial charge in [0.2, 0.25) is 0 Å². The van der Waals surface area contributed by atoms with E-state index in [0.29, 0.717) is 24.1 Å². The molecule has 180 valence electrons. The zero-order valence-corrected chi connectivity index (χ0v) is 20.8. The number of carbonyl (C=O) groups is 1. The number of hydrogen-bond donors (Lipinski definition) is 2. The summed E-state index contributed by atoms with van der Waals surface area (Å²) in [5.41, 5.74) is 5.40. The quantitative estimate of drug-likeness (QED) is 0.549. The standard InChI is InChI=1S/C25H33F2N3O2S/c1-6-18(21-9-7-8-10-30(21)14-25(5,26)27)22-17(4)20(13-33-22)23(31)28-12-19-15(2)11-16(3)29-24(19)32/h11,13H,6-10,12,14H2,1-5H3,(H,28,31)(H,29,32). The van der Waals surface area contributed by atoms with Crippen molar-refractivity contribution < 1.29 is 13.6 Å². The number of alkyl halides is 2. The van der Waals surface area contributed by atoms with Gasteiger partial charge in [-0.05, 0) is 69.2 Å². The lowest BCUT2D eigenvalue weighted by Crippen LogP contribution is -2.37. The van der Waals surface area contributed by atoms with Gasteiger partial charge in [0.1, 0.15) is 0 Å². The van der Waals surface area contributed by atoms with E-state index in [1.165, 1.54) is 11.3 Å². The van der Waals surface area contributed by atoms with Gasteiger partial charge in [-0.15, -0.1) is 11.3 Å². The average molecular weight is 478 g/mol. The van der Waals surface area contributed by atoms with Gasteiger partial charge in [-0.1, -0.05) is 6.92 Å². The number of pyridine rings is 1. The summed E-state index contributed by atoms with van der Waals surface area (Å²) in [6, 6.07) is 1.88. The van der Waals surface area contributed by atoms with Gasteiger partial charge in [0.25, 0.3) is 17.4 Å². The van der Waals surface area contributed by atoms with E-state index in [-0.39, 0.29) is 24.6 Å². The van der Waals surface area contributed by atoms with Crippen LogP contribution < -0.4 is 10.9 Å². The first-order valence-electron chi connectivity index (χ1n) is 11.4. The molecule has 0 unspecified atom stereocenters. The molecule has 1 fully saturated rings. The van der Waals surface area contributed by atoms with E-state index in [2.05, 4.69) is 10.3 Å². The molecule has 0 spiro atoms. The predicted molar refractivity (Wildman–Crippen MR) is 130 cm³/mol. The second-order valence-electron chi connectivity index (χ2n) is 8.96. The van der Waals surface area contributed by atoms with E-state index < -0.39 is 5.92 Å². The summed E-state index contributed by atoms with van der Waals surface area (Å²) in [4.78, 5) is 30.8. The molecule has 2 aromatic rings. The molecule has 0 aromatic carbocycles. The summed E-state index contributed by atoms with van der Waals surface area (Å²) in [7, 11) is 0. The average Bonchev–Trinajstić information content (AvgIpc) is 3.09. The normalized spacial score (nSPS) is 16.2. The summed E-state index contributed by atoms with van der Waals surface area (Å²) < 4.78 is 27.6. The maximum Gasteiger partial charge on any atom is 0.262 e. The fraction of sp³-hybridized carbons (Fsp3) is 0.520. The minimum atomic E-state index is -2.76. The van der Waals surface area contributed by atoms with E-state index in [1.54, 1.807) is 0 Å². The molecule has 3 heterocycles. The lowest BCUT2D eigenvalue weighted by Gasteiger charge is -2.35. The van der Waals surface area contributed by atoms with Crippen LogP contribution in [-0.2, 0) is 6.54 Å². The lowest BCUT2D eigenvalue weighted by molar-refractivity contribution is -0.00922. The number of H-pyrrole nitrogens is 1. The number of nitrogens with zero attached hydrogens (tertiary/aromatic N) is 1. The van der Waals surface area contributed by atoms with Crippen LogP contribution in [0.5, 0.6) is 0 Å². The lowest BCUT2D eigenvalue weighted by atomic mass is 9.96. The predicted octanol–water partition coefficient (Wildman–Crippen LogP) is 5.55. The number of piperidine rings is 1. The van der Waals surface area contributed by atoms with Crippen LogP contribution in [0, 0.1) is 20.8 Å². The molecule has 2 N–H and O–H groups in total. The van der Waals surface area contributed by atoms with Crippen LogP contribution in [0.15, 0.2) is 21.9 Å². The van der Waals surface area contributed by atoms with Gasteiger partial charge < -0.3 is 15.2 Å². The molecule has 1 aliphatic rings. The Morgan fingerprint density at radius 2 is 2.00 bits per heavy atom. The second kappa shape index (κ2) is 10.2. The maximum atomic E-state index is 13.8. The van der Waals surface area contributed by atoms with Gasteiger partial charge in [0, 0.05) is 47.2 Å². The van der Waals surface area contributed by atoms with Gasteiger partial charge in [-0.25, -0.2) is 8.78 Å². The smallest absolute Gasteiger partial charge is 0.262 e. The largest absolute Gasteiger partial charge is 0.369 e. The van der Waals surface area contributed by atoms with E-state index in [9.17, 15) is 18.4 Å². The topological polar surface area (TPSA) is 65.2 Å². The zero-order chi connectivity index (χ0) is 24.3. The monoisotopic (exact) mass is 477 g/mol. The number of thiophene rings is 1. The van der Waals surface area contributed by atoms with Crippen LogP contribution >= 0.6 is 11.3 Å². The van der Waals surface area contributed by atoms with Crippen LogP contribution in [0.3, 0.4) is 0 Å². The molecule has 0 saturated carbocycles. The van der Waals surface area contributed by atoms with Crippen molar-refractivity contribution in [3.63, 3.8) is 0 Å². The molecular weight excluding hydrogens is 444 g/mol. The van der Waals surface area contributed by atoms with Crippen molar-refractivity contribution in [1.82, 2.24) is 15.2 Å². The van der Waals surface area contributed by atoms with Crippen LogP contribution in [0.25, 0.3) is 5.57 Å². The van der Waals surface area contributed by atoms with Gasteiger partial charge >= 0.3 is 0 Å². The number of allylic oxidation sites excluding steroid dienone is 2. The summed E-state index contributed by atoms with van der Waals surface area (Å²) in [5.74, 6) is -3.00. The third-order valence-electron chi connectivity index (χ3n) is 6.12. The Balaban J connectivity index is 1.86. The third-order valence-corrected chi connectivity index (χ3v) is 7.26. The van der Waals surface area contributed by atoms with Crippen LogP contribution in [0.4, 0.5) is 8.78 Å². The highest BCUT2D eigenvalue weighted by molar-refractivity contribution is 7.11. The SMILES string of the molecule is CCC(=C1CCCCN1CC(C)(F)F)c1scc(C(=O)NCc2c(C)cc(C)[nH]c2=O)c1C. The summed E-state index contributed by atoms with van der Waals surface area (Å²) in [6.07, 6.45) is 3.37. The van der Waals surface area contributed by atoms with Gasteiger partial charge in [0.15, 0.2) is 0 Å². The van der Waals surface area contributed by atoms with E-state index in [1.807, 2.05) is 44.0 Å². The number of amides is 1. The van der Waals surface area contributed by atoms with Gasteiger partial charge in [-0.3, -0.25) is 9.59 Å². The van der Waals surface area contributed by atoms with E-state index in [4.69, 9.17) is 0 Å².